The van der Waals surface area contributed by atoms with Gasteiger partial charge in [-0.3, -0.25) is 0 Å². The van der Waals surface area contributed by atoms with Crippen molar-refractivity contribution in [3.8, 4) is 0 Å². The lowest BCUT2D eigenvalue weighted by molar-refractivity contribution is 0.752. The summed E-state index contributed by atoms with van der Waals surface area (Å²) in [5, 5.41) is 3.20. The molecule has 0 amide bonds. The zero-order chi connectivity index (χ0) is 9.43. The molecule has 0 radical (unpaired) electrons. The highest BCUT2D eigenvalue weighted by Gasteiger charge is 2.39. The number of rotatable bonds is 1. The van der Waals surface area contributed by atoms with Gasteiger partial charge in [-0.25, -0.2) is 0 Å². The Labute approximate surface area is 86.9 Å². The van der Waals surface area contributed by atoms with Gasteiger partial charge in [0.25, 0.3) is 5.17 Å². The van der Waals surface area contributed by atoms with E-state index in [4.69, 9.17) is 0 Å². The minimum atomic E-state index is 0.658. The third-order valence-electron chi connectivity index (χ3n) is 2.46. The van der Waals surface area contributed by atoms with Crippen LogP contribution in [0.2, 0.25) is 0 Å². The first-order chi connectivity index (χ1) is 6.92. The van der Waals surface area contributed by atoms with Crippen molar-refractivity contribution in [1.29, 1.82) is 0 Å². The Bertz CT molecular complexity index is 448. The van der Waals surface area contributed by atoms with Crippen molar-refractivity contribution in [1.82, 2.24) is 4.48 Å². The van der Waals surface area contributed by atoms with E-state index >= 15 is 0 Å². The topological polar surface area (TPSA) is 12.4 Å². The van der Waals surface area contributed by atoms with Crippen LogP contribution in [-0.2, 0) is 0 Å². The molecule has 0 N–H and O–H groups in total. The summed E-state index contributed by atoms with van der Waals surface area (Å²) in [5.41, 5.74) is 1.24. The molecular weight excluding hydrogens is 192 g/mol. The van der Waals surface area contributed by atoms with Crippen molar-refractivity contribution < 1.29 is 0 Å². The second-order valence-corrected chi connectivity index (χ2v) is 4.10. The normalized spacial score (nSPS) is 27.9. The van der Waals surface area contributed by atoms with Gasteiger partial charge in [0.1, 0.15) is 18.1 Å². The van der Waals surface area contributed by atoms with E-state index in [2.05, 4.69) is 47.1 Å². The number of aliphatic imine (C=N–C) groups is 1. The van der Waals surface area contributed by atoms with Gasteiger partial charge in [0.15, 0.2) is 0 Å². The highest BCUT2D eigenvalue weighted by molar-refractivity contribution is 8.16. The van der Waals surface area contributed by atoms with Gasteiger partial charge in [0.05, 0.1) is 6.20 Å². The molecule has 0 aliphatic carbocycles. The van der Waals surface area contributed by atoms with E-state index in [1.165, 1.54) is 5.69 Å². The predicted molar refractivity (Wildman–Crippen MR) is 61.5 cm³/mol. The fourth-order valence-electron chi connectivity index (χ4n) is 1.74. The van der Waals surface area contributed by atoms with Gasteiger partial charge in [0, 0.05) is 17.5 Å². The second-order valence-electron chi connectivity index (χ2n) is 3.23. The molecule has 68 valence electrons. The lowest BCUT2D eigenvalue weighted by Gasteiger charge is -2.22. The van der Waals surface area contributed by atoms with Gasteiger partial charge in [-0.1, -0.05) is 18.2 Å². The summed E-state index contributed by atoms with van der Waals surface area (Å²) < 4.78 is 0.658. The van der Waals surface area contributed by atoms with Crippen LogP contribution < -0.4 is 4.48 Å². The Kier molecular flexibility index (Phi) is 1.63. The number of benzene rings is 1. The summed E-state index contributed by atoms with van der Waals surface area (Å²) in [6.45, 7) is 0. The number of para-hydroxylation sites is 1. The molecule has 1 unspecified atom stereocenters. The Balaban J connectivity index is 2.18. The molecule has 0 spiro atoms. The van der Waals surface area contributed by atoms with Crippen molar-refractivity contribution in [2.75, 3.05) is 0 Å². The first kappa shape index (κ1) is 8.03. The Hall–Kier alpha value is -1.32. The molecule has 0 bridgehead atoms. The molecule has 1 aromatic carbocycles. The van der Waals surface area contributed by atoms with Crippen LogP contribution in [0.4, 0.5) is 5.69 Å². The SMILES string of the molecule is C1=C[N+]2(c3ccccc3)C=CSC2=N1. The van der Waals surface area contributed by atoms with E-state index in [9.17, 15) is 0 Å². The molecule has 0 fully saturated rings. The number of fused-ring (bicyclic) bond motifs is 1. The predicted octanol–water partition coefficient (Wildman–Crippen LogP) is 3.05. The van der Waals surface area contributed by atoms with Crippen molar-refractivity contribution >= 4 is 22.6 Å². The number of hydrogen-bond donors (Lipinski definition) is 0. The summed E-state index contributed by atoms with van der Waals surface area (Å²) in [4.78, 5) is 4.36. The first-order valence-corrected chi connectivity index (χ1v) is 5.34. The maximum Gasteiger partial charge on any atom is 0.282 e. The molecular formula is C11H9N2S+. The number of thioether (sulfide) groups is 1. The summed E-state index contributed by atoms with van der Waals surface area (Å²) in [6.07, 6.45) is 6.13. The van der Waals surface area contributed by atoms with Gasteiger partial charge in [-0.15, -0.1) is 0 Å². The minimum absolute atomic E-state index is 0.658. The van der Waals surface area contributed by atoms with Crippen LogP contribution in [0.15, 0.2) is 59.3 Å². The molecule has 14 heavy (non-hydrogen) atoms. The average molecular weight is 201 g/mol. The molecule has 2 aliphatic heterocycles. The van der Waals surface area contributed by atoms with Crippen LogP contribution in [-0.4, -0.2) is 5.17 Å². The van der Waals surface area contributed by atoms with E-state index in [1.807, 2.05) is 12.3 Å². The second kappa shape index (κ2) is 2.83. The largest absolute Gasteiger partial charge is 0.282 e. The van der Waals surface area contributed by atoms with E-state index in [-0.39, 0.29) is 0 Å². The van der Waals surface area contributed by atoms with Gasteiger partial charge >= 0.3 is 0 Å². The van der Waals surface area contributed by atoms with Gasteiger partial charge in [-0.2, -0.15) is 9.48 Å². The molecule has 0 saturated heterocycles. The molecule has 1 aromatic rings. The van der Waals surface area contributed by atoms with E-state index < -0.39 is 0 Å². The molecule has 0 saturated carbocycles. The molecule has 0 aromatic heterocycles. The summed E-state index contributed by atoms with van der Waals surface area (Å²) in [6, 6.07) is 10.4. The van der Waals surface area contributed by atoms with Crippen LogP contribution in [0.3, 0.4) is 0 Å². The summed E-state index contributed by atoms with van der Waals surface area (Å²) in [5.74, 6) is 0. The maximum absolute atomic E-state index is 4.36. The quantitative estimate of drug-likeness (QED) is 0.636. The standard InChI is InChI=1S/C11H9N2S/c1-2-4-10(5-3-1)13-7-6-12-11(13)14-9-8-13/h1-9H/q+1. The van der Waals surface area contributed by atoms with Gasteiger partial charge in [0.2, 0.25) is 0 Å². The molecule has 2 nitrogen and oxygen atoms in total. The Morgan fingerprint density at radius 2 is 1.93 bits per heavy atom. The van der Waals surface area contributed by atoms with E-state index in [1.54, 1.807) is 11.8 Å². The fraction of sp³-hybridized carbons (Fsp3) is 0. The first-order valence-electron chi connectivity index (χ1n) is 4.46. The van der Waals surface area contributed by atoms with Crippen LogP contribution in [0, 0.1) is 0 Å². The third kappa shape index (κ3) is 0.937. The number of hydrogen-bond acceptors (Lipinski definition) is 2. The lowest BCUT2D eigenvalue weighted by Crippen LogP contribution is -2.37. The van der Waals surface area contributed by atoms with Gasteiger partial charge < -0.3 is 0 Å². The van der Waals surface area contributed by atoms with Crippen LogP contribution in [0.25, 0.3) is 0 Å². The highest BCUT2D eigenvalue weighted by Crippen LogP contribution is 2.38. The van der Waals surface area contributed by atoms with Gasteiger partial charge in [-0.05, 0) is 11.8 Å². The van der Waals surface area contributed by atoms with Crippen molar-refractivity contribution in [2.24, 2.45) is 4.99 Å². The fourth-order valence-corrected chi connectivity index (χ4v) is 2.63. The maximum atomic E-state index is 4.36. The molecule has 3 heteroatoms. The van der Waals surface area contributed by atoms with Crippen LogP contribution in [0.1, 0.15) is 0 Å². The molecule has 2 aliphatic rings. The zero-order valence-corrected chi connectivity index (χ0v) is 8.32. The van der Waals surface area contributed by atoms with E-state index in [0.717, 1.165) is 5.17 Å². The van der Waals surface area contributed by atoms with Crippen molar-refractivity contribution in [3.63, 3.8) is 0 Å². The van der Waals surface area contributed by atoms with Crippen molar-refractivity contribution in [3.05, 3.63) is 54.3 Å². The molecule has 1 atom stereocenters. The monoisotopic (exact) mass is 201 g/mol. The van der Waals surface area contributed by atoms with E-state index in [0.29, 0.717) is 4.48 Å². The smallest absolute Gasteiger partial charge is 0.192 e. The molecule has 3 rings (SSSR count). The number of amidine groups is 1. The zero-order valence-electron chi connectivity index (χ0n) is 7.50. The Morgan fingerprint density at radius 1 is 1.07 bits per heavy atom. The minimum Gasteiger partial charge on any atom is -0.192 e. The summed E-state index contributed by atoms with van der Waals surface area (Å²) >= 11 is 1.69. The summed E-state index contributed by atoms with van der Waals surface area (Å²) in [7, 11) is 0. The Morgan fingerprint density at radius 3 is 2.79 bits per heavy atom. The highest BCUT2D eigenvalue weighted by atomic mass is 32.2. The number of nitrogens with zero attached hydrogens (tertiary/aromatic N) is 2. The third-order valence-corrected chi connectivity index (χ3v) is 3.33. The molecule has 2 heterocycles. The average Bonchev–Trinajstić information content (AvgIpc) is 2.77. The van der Waals surface area contributed by atoms with Crippen LogP contribution >= 0.6 is 11.8 Å². The lowest BCUT2D eigenvalue weighted by atomic mass is 10.3. The van der Waals surface area contributed by atoms with Crippen LogP contribution in [0.5, 0.6) is 0 Å². The van der Waals surface area contributed by atoms with Crippen molar-refractivity contribution in [2.45, 2.75) is 0 Å². The number of quaternary nitrogens is 1.